The van der Waals surface area contributed by atoms with E-state index in [4.69, 9.17) is 11.6 Å². The number of halogens is 1. The Morgan fingerprint density at radius 1 is 1.29 bits per heavy atom. The average Bonchev–Trinajstić information content (AvgIpc) is 2.72. The molecule has 1 amide bonds. The summed E-state index contributed by atoms with van der Waals surface area (Å²) in [6.07, 6.45) is 1.05. The third kappa shape index (κ3) is 3.07. The molecule has 0 N–H and O–H groups in total. The standard InChI is InChI=1S/C14H21ClN4OS/c1-2-17-4-3-5-19-11(10-17)12(15)13(16-19)14(20)18-6-8-21-9-7-18/h2-10H2,1H3. The number of aromatic nitrogens is 2. The Kier molecular flexibility index (Phi) is 4.76. The molecular formula is C14H21ClN4OS. The molecule has 1 aromatic rings. The van der Waals surface area contributed by atoms with E-state index in [0.29, 0.717) is 10.7 Å². The quantitative estimate of drug-likeness (QED) is 0.832. The van der Waals surface area contributed by atoms with Gasteiger partial charge in [-0.15, -0.1) is 0 Å². The summed E-state index contributed by atoms with van der Waals surface area (Å²) in [6, 6.07) is 0. The number of amides is 1. The fraction of sp³-hybridized carbons (Fsp3) is 0.714. The summed E-state index contributed by atoms with van der Waals surface area (Å²) >= 11 is 8.38. The fourth-order valence-corrected chi connectivity index (χ4v) is 4.05. The second-order valence-electron chi connectivity index (χ2n) is 5.46. The molecule has 21 heavy (non-hydrogen) atoms. The number of hydrogen-bond donors (Lipinski definition) is 0. The number of fused-ring (bicyclic) bond motifs is 1. The van der Waals surface area contributed by atoms with Crippen molar-refractivity contribution >= 4 is 29.3 Å². The molecule has 3 heterocycles. The zero-order chi connectivity index (χ0) is 14.8. The van der Waals surface area contributed by atoms with Gasteiger partial charge in [0.25, 0.3) is 5.91 Å². The third-order valence-electron chi connectivity index (χ3n) is 4.16. The van der Waals surface area contributed by atoms with E-state index < -0.39 is 0 Å². The number of hydrogen-bond acceptors (Lipinski definition) is 4. The lowest BCUT2D eigenvalue weighted by molar-refractivity contribution is 0.0765. The van der Waals surface area contributed by atoms with E-state index >= 15 is 0 Å². The molecule has 1 saturated heterocycles. The Balaban J connectivity index is 1.85. The van der Waals surface area contributed by atoms with Gasteiger partial charge in [0.1, 0.15) is 0 Å². The van der Waals surface area contributed by atoms with Crippen molar-refractivity contribution < 1.29 is 4.79 Å². The Bertz CT molecular complexity index is 527. The molecule has 1 fully saturated rings. The zero-order valence-electron chi connectivity index (χ0n) is 12.3. The molecule has 2 aliphatic heterocycles. The van der Waals surface area contributed by atoms with Gasteiger partial charge in [0, 0.05) is 44.2 Å². The lowest BCUT2D eigenvalue weighted by Crippen LogP contribution is -2.38. The van der Waals surface area contributed by atoms with Gasteiger partial charge in [0.05, 0.1) is 10.7 Å². The first kappa shape index (κ1) is 15.2. The van der Waals surface area contributed by atoms with Crippen LogP contribution in [0.15, 0.2) is 0 Å². The first-order valence-corrected chi connectivity index (χ1v) is 9.08. The number of nitrogens with zero attached hydrogens (tertiary/aromatic N) is 4. The highest BCUT2D eigenvalue weighted by molar-refractivity contribution is 7.99. The molecule has 7 heteroatoms. The van der Waals surface area contributed by atoms with E-state index in [1.807, 2.05) is 21.3 Å². The molecule has 2 aliphatic rings. The average molecular weight is 329 g/mol. The molecule has 0 spiro atoms. The summed E-state index contributed by atoms with van der Waals surface area (Å²) in [4.78, 5) is 16.8. The van der Waals surface area contributed by atoms with Gasteiger partial charge in [-0.2, -0.15) is 16.9 Å². The van der Waals surface area contributed by atoms with Crippen LogP contribution >= 0.6 is 23.4 Å². The normalized spacial score (nSPS) is 20.2. The lowest BCUT2D eigenvalue weighted by Gasteiger charge is -2.25. The third-order valence-corrected chi connectivity index (χ3v) is 5.50. The summed E-state index contributed by atoms with van der Waals surface area (Å²) in [5, 5.41) is 5.07. The van der Waals surface area contributed by atoms with E-state index in [-0.39, 0.29) is 5.91 Å². The van der Waals surface area contributed by atoms with E-state index in [1.165, 1.54) is 0 Å². The van der Waals surface area contributed by atoms with Gasteiger partial charge >= 0.3 is 0 Å². The highest BCUT2D eigenvalue weighted by Gasteiger charge is 2.28. The predicted molar refractivity (Wildman–Crippen MR) is 86.0 cm³/mol. The van der Waals surface area contributed by atoms with Crippen LogP contribution in [0, 0.1) is 0 Å². The van der Waals surface area contributed by atoms with Crippen molar-refractivity contribution in [2.45, 2.75) is 26.4 Å². The minimum Gasteiger partial charge on any atom is -0.336 e. The van der Waals surface area contributed by atoms with Crippen molar-refractivity contribution in [3.05, 3.63) is 16.4 Å². The van der Waals surface area contributed by atoms with Crippen LogP contribution in [0.1, 0.15) is 29.5 Å². The summed E-state index contributed by atoms with van der Waals surface area (Å²) < 4.78 is 1.93. The maximum atomic E-state index is 12.6. The van der Waals surface area contributed by atoms with Crippen molar-refractivity contribution in [3.8, 4) is 0 Å². The van der Waals surface area contributed by atoms with Gasteiger partial charge in [0.2, 0.25) is 0 Å². The molecule has 0 saturated carbocycles. The molecule has 3 rings (SSSR count). The molecule has 1 aromatic heterocycles. The van der Waals surface area contributed by atoms with Crippen molar-refractivity contribution in [2.24, 2.45) is 0 Å². The van der Waals surface area contributed by atoms with Crippen LogP contribution in [-0.4, -0.2) is 63.2 Å². The summed E-state index contributed by atoms with van der Waals surface area (Å²) in [5.41, 5.74) is 1.43. The zero-order valence-corrected chi connectivity index (χ0v) is 13.9. The van der Waals surface area contributed by atoms with Gasteiger partial charge in [0.15, 0.2) is 5.69 Å². The largest absolute Gasteiger partial charge is 0.336 e. The molecular weight excluding hydrogens is 308 g/mol. The Morgan fingerprint density at radius 3 is 2.76 bits per heavy atom. The molecule has 116 valence electrons. The van der Waals surface area contributed by atoms with Crippen LogP contribution in [0.2, 0.25) is 5.02 Å². The van der Waals surface area contributed by atoms with E-state index in [0.717, 1.165) is 62.9 Å². The molecule has 0 radical (unpaired) electrons. The number of rotatable bonds is 2. The SMILES string of the molecule is CCN1CCCn2nc(C(=O)N3CCSCC3)c(Cl)c2C1. The molecule has 0 aliphatic carbocycles. The number of thioether (sulfide) groups is 1. The molecule has 0 aromatic carbocycles. The second-order valence-corrected chi connectivity index (χ2v) is 7.06. The Morgan fingerprint density at radius 2 is 2.05 bits per heavy atom. The van der Waals surface area contributed by atoms with E-state index in [2.05, 4.69) is 16.9 Å². The van der Waals surface area contributed by atoms with Crippen molar-refractivity contribution in [3.63, 3.8) is 0 Å². The first-order valence-electron chi connectivity index (χ1n) is 7.55. The predicted octanol–water partition coefficient (Wildman–Crippen LogP) is 1.95. The Hall–Kier alpha value is -0.720. The van der Waals surface area contributed by atoms with Crippen LogP contribution < -0.4 is 0 Å². The highest BCUT2D eigenvalue weighted by atomic mass is 35.5. The van der Waals surface area contributed by atoms with E-state index in [9.17, 15) is 4.79 Å². The second kappa shape index (κ2) is 6.58. The van der Waals surface area contributed by atoms with Crippen LogP contribution in [0.25, 0.3) is 0 Å². The van der Waals surface area contributed by atoms with Crippen LogP contribution in [-0.2, 0) is 13.1 Å². The van der Waals surface area contributed by atoms with Crippen molar-refractivity contribution in [2.75, 3.05) is 37.7 Å². The smallest absolute Gasteiger partial charge is 0.275 e. The number of carbonyl (C=O) groups excluding carboxylic acids is 1. The fourth-order valence-electron chi connectivity index (χ4n) is 2.87. The lowest BCUT2D eigenvalue weighted by atomic mass is 10.3. The summed E-state index contributed by atoms with van der Waals surface area (Å²) in [5.74, 6) is 1.99. The highest BCUT2D eigenvalue weighted by Crippen LogP contribution is 2.26. The topological polar surface area (TPSA) is 41.4 Å². The van der Waals surface area contributed by atoms with Crippen molar-refractivity contribution in [1.29, 1.82) is 0 Å². The van der Waals surface area contributed by atoms with Gasteiger partial charge in [-0.25, -0.2) is 0 Å². The number of aryl methyl sites for hydroxylation is 1. The van der Waals surface area contributed by atoms with Crippen molar-refractivity contribution in [1.82, 2.24) is 19.6 Å². The molecule has 0 unspecified atom stereocenters. The van der Waals surface area contributed by atoms with Gasteiger partial charge in [-0.1, -0.05) is 18.5 Å². The maximum Gasteiger partial charge on any atom is 0.275 e. The van der Waals surface area contributed by atoms with E-state index in [1.54, 1.807) is 0 Å². The summed E-state index contributed by atoms with van der Waals surface area (Å²) in [7, 11) is 0. The van der Waals surface area contributed by atoms with Crippen LogP contribution in [0.3, 0.4) is 0 Å². The van der Waals surface area contributed by atoms with Crippen LogP contribution in [0.4, 0.5) is 0 Å². The monoisotopic (exact) mass is 328 g/mol. The summed E-state index contributed by atoms with van der Waals surface area (Å²) in [6.45, 7) is 7.42. The molecule has 0 bridgehead atoms. The minimum atomic E-state index is -0.0103. The van der Waals surface area contributed by atoms with Gasteiger partial charge in [-0.05, 0) is 13.0 Å². The first-order chi connectivity index (χ1) is 10.2. The molecule has 5 nitrogen and oxygen atoms in total. The molecule has 0 atom stereocenters. The Labute approximate surface area is 134 Å². The maximum absolute atomic E-state index is 12.6. The number of carbonyl (C=O) groups is 1. The van der Waals surface area contributed by atoms with Crippen LogP contribution in [0.5, 0.6) is 0 Å². The van der Waals surface area contributed by atoms with Gasteiger partial charge < -0.3 is 4.90 Å². The van der Waals surface area contributed by atoms with Gasteiger partial charge in [-0.3, -0.25) is 14.4 Å². The minimum absolute atomic E-state index is 0.0103.